The molecule has 0 bridgehead atoms. The van der Waals surface area contributed by atoms with E-state index >= 15 is 0 Å². The average molecular weight is 429 g/mol. The molecule has 0 unspecified atom stereocenters. The first-order valence-electron chi connectivity index (χ1n) is 9.62. The number of benzene rings is 1. The number of anilines is 1. The second kappa shape index (κ2) is 9.17. The van der Waals surface area contributed by atoms with Crippen LogP contribution in [0.3, 0.4) is 0 Å². The van der Waals surface area contributed by atoms with Gasteiger partial charge in [-0.3, -0.25) is 4.79 Å². The Hall–Kier alpha value is -3.07. The van der Waals surface area contributed by atoms with E-state index in [1.807, 2.05) is 6.08 Å². The number of carbonyl (C=O) groups excluding carboxylic acids is 1. The van der Waals surface area contributed by atoms with Crippen LogP contribution < -0.4 is 5.32 Å². The monoisotopic (exact) mass is 428 g/mol. The van der Waals surface area contributed by atoms with Crippen LogP contribution in [0.15, 0.2) is 52.8 Å². The van der Waals surface area contributed by atoms with Crippen molar-refractivity contribution in [1.29, 1.82) is 0 Å². The van der Waals surface area contributed by atoms with E-state index in [1.165, 1.54) is 24.5 Å². The van der Waals surface area contributed by atoms with E-state index in [1.54, 1.807) is 19.1 Å². The lowest BCUT2D eigenvalue weighted by molar-refractivity contribution is -0.111. The normalized spacial score (nSPS) is 15.9. The molecule has 0 atom stereocenters. The van der Waals surface area contributed by atoms with Gasteiger partial charge in [-0.05, 0) is 43.4 Å². The number of allylic oxidation sites excluding steroid dienone is 1. The quantitative estimate of drug-likeness (QED) is 0.315. The van der Waals surface area contributed by atoms with Gasteiger partial charge in [0.25, 0.3) is 5.91 Å². The van der Waals surface area contributed by atoms with Gasteiger partial charge in [-0.1, -0.05) is 36.2 Å². The first-order chi connectivity index (χ1) is 14.3. The molecule has 1 fully saturated rings. The van der Waals surface area contributed by atoms with Gasteiger partial charge in [0.2, 0.25) is 0 Å². The minimum absolute atomic E-state index is 0.203. The van der Waals surface area contributed by atoms with Crippen LogP contribution in [0, 0.1) is 5.92 Å². The molecule has 1 aromatic heterocycles. The Balaban J connectivity index is 1.87. The fourth-order valence-corrected chi connectivity index (χ4v) is 3.99. The molecule has 0 spiro atoms. The number of sulfone groups is 1. The molecule has 1 aliphatic carbocycles. The Morgan fingerprint density at radius 3 is 2.37 bits per heavy atom. The summed E-state index contributed by atoms with van der Waals surface area (Å²) in [6.45, 7) is 1.59. The van der Waals surface area contributed by atoms with Crippen molar-refractivity contribution < 1.29 is 18.4 Å². The van der Waals surface area contributed by atoms with Gasteiger partial charge in [-0.2, -0.15) is 0 Å². The van der Waals surface area contributed by atoms with E-state index in [4.69, 9.17) is 5.21 Å². The standard InChI is InChI=1S/C21H24N4O4S/c1-14(25-27)19-12-23-20(13-22-19)24-21(26)18(11-15-5-3-4-6-15)16-7-9-17(10-8-16)30(2,28)29/h7-13,15,27H,3-6H2,1-2H3,(H,23,24,26)/b18-11+,25-14-. The van der Waals surface area contributed by atoms with E-state index in [-0.39, 0.29) is 16.6 Å². The highest BCUT2D eigenvalue weighted by Crippen LogP contribution is 2.30. The molecule has 2 N–H and O–H groups in total. The summed E-state index contributed by atoms with van der Waals surface area (Å²) in [4.78, 5) is 21.5. The van der Waals surface area contributed by atoms with Crippen molar-refractivity contribution in [3.63, 3.8) is 0 Å². The van der Waals surface area contributed by atoms with Crippen molar-refractivity contribution >= 4 is 32.8 Å². The lowest BCUT2D eigenvalue weighted by atomic mass is 9.98. The van der Waals surface area contributed by atoms with Gasteiger partial charge < -0.3 is 10.5 Å². The van der Waals surface area contributed by atoms with Crippen molar-refractivity contribution in [1.82, 2.24) is 9.97 Å². The zero-order valence-corrected chi connectivity index (χ0v) is 17.7. The molecule has 158 valence electrons. The minimum atomic E-state index is -3.32. The van der Waals surface area contributed by atoms with Crippen LogP contribution in [-0.2, 0) is 14.6 Å². The minimum Gasteiger partial charge on any atom is -0.411 e. The molecule has 8 nitrogen and oxygen atoms in total. The number of hydrogen-bond donors (Lipinski definition) is 2. The van der Waals surface area contributed by atoms with Gasteiger partial charge in [0, 0.05) is 11.8 Å². The van der Waals surface area contributed by atoms with Crippen molar-refractivity contribution in [3.05, 3.63) is 54.0 Å². The Kier molecular flexibility index (Phi) is 6.61. The van der Waals surface area contributed by atoms with Gasteiger partial charge in [0.15, 0.2) is 15.7 Å². The summed E-state index contributed by atoms with van der Waals surface area (Å²) in [5.41, 5.74) is 1.82. The van der Waals surface area contributed by atoms with Crippen LogP contribution in [-0.4, -0.2) is 41.5 Å². The second-order valence-electron chi connectivity index (χ2n) is 7.35. The van der Waals surface area contributed by atoms with Gasteiger partial charge in [0.05, 0.1) is 17.3 Å². The zero-order valence-electron chi connectivity index (χ0n) is 16.9. The van der Waals surface area contributed by atoms with Crippen molar-refractivity contribution in [2.24, 2.45) is 11.1 Å². The molecule has 9 heteroatoms. The SMILES string of the molecule is C/C(=N/O)c1cnc(NC(=O)/C(=C/C2CCCC2)c2ccc(S(C)(=O)=O)cc2)cn1. The smallest absolute Gasteiger partial charge is 0.257 e. The number of hydrogen-bond acceptors (Lipinski definition) is 7. The summed E-state index contributed by atoms with van der Waals surface area (Å²) in [5.74, 6) is 0.223. The summed E-state index contributed by atoms with van der Waals surface area (Å²) >= 11 is 0. The van der Waals surface area contributed by atoms with Crippen LogP contribution in [0.5, 0.6) is 0 Å². The zero-order chi connectivity index (χ0) is 21.7. The molecule has 0 saturated heterocycles. The van der Waals surface area contributed by atoms with Crippen molar-refractivity contribution in [2.75, 3.05) is 11.6 Å². The summed E-state index contributed by atoms with van der Waals surface area (Å²) in [6.07, 6.45) is 10.2. The molecule has 0 radical (unpaired) electrons. The molecular weight excluding hydrogens is 404 g/mol. The molecule has 1 saturated carbocycles. The Morgan fingerprint density at radius 2 is 1.83 bits per heavy atom. The number of oxime groups is 1. The van der Waals surface area contributed by atoms with Crippen LogP contribution in [0.25, 0.3) is 5.57 Å². The average Bonchev–Trinajstić information content (AvgIpc) is 3.25. The van der Waals surface area contributed by atoms with Crippen LogP contribution >= 0.6 is 0 Å². The maximum atomic E-state index is 13.0. The summed E-state index contributed by atoms with van der Waals surface area (Å²) in [6, 6.07) is 6.30. The van der Waals surface area contributed by atoms with Crippen molar-refractivity contribution in [3.8, 4) is 0 Å². The van der Waals surface area contributed by atoms with Crippen molar-refractivity contribution in [2.45, 2.75) is 37.5 Å². The number of nitrogens with one attached hydrogen (secondary N) is 1. The van der Waals surface area contributed by atoms with E-state index in [0.29, 0.717) is 28.5 Å². The molecule has 30 heavy (non-hydrogen) atoms. The molecular formula is C21H24N4O4S. The van der Waals surface area contributed by atoms with Gasteiger partial charge in [-0.15, -0.1) is 0 Å². The lowest BCUT2D eigenvalue weighted by Gasteiger charge is -2.12. The maximum absolute atomic E-state index is 13.0. The van der Waals surface area contributed by atoms with E-state index in [0.717, 1.165) is 31.9 Å². The Bertz CT molecular complexity index is 1070. The largest absolute Gasteiger partial charge is 0.411 e. The predicted molar refractivity (Wildman–Crippen MR) is 114 cm³/mol. The van der Waals surface area contributed by atoms with Crippen LogP contribution in [0.1, 0.15) is 43.9 Å². The molecule has 1 aromatic carbocycles. The second-order valence-corrected chi connectivity index (χ2v) is 9.36. The number of aromatic nitrogens is 2. The van der Waals surface area contributed by atoms with Crippen LogP contribution in [0.2, 0.25) is 0 Å². The van der Waals surface area contributed by atoms with E-state index in [2.05, 4.69) is 20.4 Å². The summed E-state index contributed by atoms with van der Waals surface area (Å²) in [5, 5.41) is 14.6. The van der Waals surface area contributed by atoms with Crippen LogP contribution in [0.4, 0.5) is 5.82 Å². The highest BCUT2D eigenvalue weighted by Gasteiger charge is 2.19. The lowest BCUT2D eigenvalue weighted by Crippen LogP contribution is -2.16. The first kappa shape index (κ1) is 21.6. The third-order valence-corrected chi connectivity index (χ3v) is 6.18. The Labute approximate surface area is 175 Å². The Morgan fingerprint density at radius 1 is 1.17 bits per heavy atom. The maximum Gasteiger partial charge on any atom is 0.257 e. The molecule has 1 amide bonds. The highest BCUT2D eigenvalue weighted by atomic mass is 32.2. The molecule has 2 aromatic rings. The molecule has 1 heterocycles. The highest BCUT2D eigenvalue weighted by molar-refractivity contribution is 7.90. The van der Waals surface area contributed by atoms with Gasteiger partial charge in [-0.25, -0.2) is 18.4 Å². The molecule has 3 rings (SSSR count). The van der Waals surface area contributed by atoms with Gasteiger partial charge >= 0.3 is 0 Å². The fraction of sp³-hybridized carbons (Fsp3) is 0.333. The first-order valence-corrected chi connectivity index (χ1v) is 11.5. The molecule has 0 aliphatic heterocycles. The third-order valence-electron chi connectivity index (χ3n) is 5.05. The van der Waals surface area contributed by atoms with E-state index < -0.39 is 9.84 Å². The van der Waals surface area contributed by atoms with E-state index in [9.17, 15) is 13.2 Å². The summed E-state index contributed by atoms with van der Waals surface area (Å²) in [7, 11) is -3.32. The molecule has 1 aliphatic rings. The number of carbonyl (C=O) groups is 1. The topological polar surface area (TPSA) is 122 Å². The fourth-order valence-electron chi connectivity index (χ4n) is 3.36. The third kappa shape index (κ3) is 5.29. The predicted octanol–water partition coefficient (Wildman–Crippen LogP) is 3.29. The van der Waals surface area contributed by atoms with Gasteiger partial charge in [0.1, 0.15) is 11.4 Å². The number of amides is 1. The number of rotatable bonds is 6. The summed E-state index contributed by atoms with van der Waals surface area (Å²) < 4.78 is 23.5. The number of nitrogens with zero attached hydrogens (tertiary/aromatic N) is 3.